The van der Waals surface area contributed by atoms with Gasteiger partial charge in [0, 0.05) is 29.9 Å². The van der Waals surface area contributed by atoms with E-state index in [0.717, 1.165) is 5.52 Å². The van der Waals surface area contributed by atoms with Gasteiger partial charge < -0.3 is 14.0 Å². The molecule has 1 unspecified atom stereocenters. The molecule has 0 fully saturated rings. The van der Waals surface area contributed by atoms with Gasteiger partial charge in [-0.05, 0) is 18.6 Å². The number of benzene rings is 1. The largest absolute Gasteiger partial charge is 0.609 e. The number of fused-ring (bicyclic) bond motifs is 1. The Bertz CT molecular complexity index is 900. The molecule has 150 valence electrons. The zero-order chi connectivity index (χ0) is 20.1. The van der Waals surface area contributed by atoms with E-state index in [1.165, 1.54) is 19.4 Å². The summed E-state index contributed by atoms with van der Waals surface area (Å²) in [5.41, 5.74) is 1.84. The summed E-state index contributed by atoms with van der Waals surface area (Å²) in [5, 5.41) is 0.307. The van der Waals surface area contributed by atoms with Gasteiger partial charge in [-0.1, -0.05) is 12.1 Å². The highest BCUT2D eigenvalue weighted by molar-refractivity contribution is 7.90. The van der Waals surface area contributed by atoms with Gasteiger partial charge in [0.05, 0.1) is 24.8 Å². The van der Waals surface area contributed by atoms with Gasteiger partial charge in [-0.25, -0.2) is 0 Å². The number of aromatic amines is 1. The summed E-state index contributed by atoms with van der Waals surface area (Å²) in [6.07, 6.45) is -3.88. The fourth-order valence-electron chi connectivity index (χ4n) is 2.59. The number of hydrogen-bond donors (Lipinski definition) is 1. The second-order valence-corrected chi connectivity index (χ2v) is 7.27. The second kappa shape index (κ2) is 8.70. The van der Waals surface area contributed by atoms with Crippen molar-refractivity contribution in [3.8, 4) is 11.5 Å². The Balaban J connectivity index is 1.70. The lowest BCUT2D eigenvalue weighted by atomic mass is 10.3. The first-order valence-electron chi connectivity index (χ1n) is 8.42. The van der Waals surface area contributed by atoms with Crippen LogP contribution >= 0.6 is 0 Å². The zero-order valence-corrected chi connectivity index (χ0v) is 15.8. The van der Waals surface area contributed by atoms with E-state index in [1.807, 2.05) is 18.2 Å². The summed E-state index contributed by atoms with van der Waals surface area (Å²) in [5.74, 6) is 0.526. The standard InChI is InChI=1S/C18H18F3N3O3S/c1-26-16-14(22-9-7-15(16)27-10-4-8-18(19,20)21)11-28(25)17-23-12-5-2-3-6-13(12)24-17/h2-3,5-7,9H,4,8,10-11H2,1H3,(H,23,24). The highest BCUT2D eigenvalue weighted by atomic mass is 32.2. The smallest absolute Gasteiger partial charge is 0.389 e. The van der Waals surface area contributed by atoms with E-state index in [-0.39, 0.29) is 30.3 Å². The Morgan fingerprint density at radius 2 is 2.00 bits per heavy atom. The second-order valence-electron chi connectivity index (χ2n) is 5.91. The molecule has 0 radical (unpaired) electrons. The third-order valence-electron chi connectivity index (χ3n) is 3.86. The number of H-pyrrole nitrogens is 1. The van der Waals surface area contributed by atoms with Crippen LogP contribution in [0.4, 0.5) is 13.2 Å². The molecule has 3 rings (SSSR count). The molecule has 0 bridgehead atoms. The molecular weight excluding hydrogens is 395 g/mol. The van der Waals surface area contributed by atoms with E-state index in [2.05, 4.69) is 15.0 Å². The van der Waals surface area contributed by atoms with Gasteiger partial charge in [0.2, 0.25) is 0 Å². The summed E-state index contributed by atoms with van der Waals surface area (Å²) < 4.78 is 60.1. The Morgan fingerprint density at radius 3 is 2.71 bits per heavy atom. The van der Waals surface area contributed by atoms with E-state index >= 15 is 0 Å². The molecule has 0 amide bonds. The summed E-state index contributed by atoms with van der Waals surface area (Å²) >= 11 is -1.52. The molecule has 0 saturated heterocycles. The monoisotopic (exact) mass is 413 g/mol. The number of methoxy groups -OCH3 is 1. The third kappa shape index (κ3) is 5.08. The van der Waals surface area contributed by atoms with Crippen molar-refractivity contribution in [3.63, 3.8) is 0 Å². The minimum atomic E-state index is -4.22. The van der Waals surface area contributed by atoms with Gasteiger partial charge in [0.15, 0.2) is 17.3 Å². The van der Waals surface area contributed by atoms with Crippen molar-refractivity contribution in [1.29, 1.82) is 0 Å². The predicted molar refractivity (Wildman–Crippen MR) is 97.8 cm³/mol. The molecule has 1 aromatic carbocycles. The van der Waals surface area contributed by atoms with Gasteiger partial charge in [-0.2, -0.15) is 18.2 Å². The minimum absolute atomic E-state index is 0.0166. The molecule has 10 heteroatoms. The summed E-state index contributed by atoms with van der Waals surface area (Å²) in [4.78, 5) is 11.5. The number of rotatable bonds is 8. The fourth-order valence-corrected chi connectivity index (χ4v) is 3.61. The van der Waals surface area contributed by atoms with Crippen molar-refractivity contribution in [2.24, 2.45) is 0 Å². The number of para-hydroxylation sites is 2. The number of imidazole rings is 1. The average Bonchev–Trinajstić information content (AvgIpc) is 3.09. The lowest BCUT2D eigenvalue weighted by molar-refractivity contribution is -0.136. The maximum atomic E-state index is 12.7. The number of halogens is 3. The fraction of sp³-hybridized carbons (Fsp3) is 0.333. The van der Waals surface area contributed by atoms with Crippen molar-refractivity contribution in [3.05, 3.63) is 42.2 Å². The molecule has 0 aliphatic rings. The number of alkyl halides is 3. The molecule has 28 heavy (non-hydrogen) atoms. The van der Waals surface area contributed by atoms with E-state index in [1.54, 1.807) is 6.07 Å². The number of nitrogens with zero attached hydrogens (tertiary/aromatic N) is 2. The third-order valence-corrected chi connectivity index (χ3v) is 5.02. The molecule has 1 N–H and O–H groups in total. The molecule has 0 spiro atoms. The lowest BCUT2D eigenvalue weighted by Gasteiger charge is -2.14. The van der Waals surface area contributed by atoms with Crippen LogP contribution in [0.2, 0.25) is 0 Å². The molecule has 1 atom stereocenters. The van der Waals surface area contributed by atoms with Crippen LogP contribution in [0, 0.1) is 0 Å². The first-order valence-corrected chi connectivity index (χ1v) is 9.74. The first-order chi connectivity index (χ1) is 13.4. The van der Waals surface area contributed by atoms with Crippen LogP contribution < -0.4 is 9.47 Å². The zero-order valence-electron chi connectivity index (χ0n) is 15.0. The predicted octanol–water partition coefficient (Wildman–Crippen LogP) is 4.00. The molecule has 0 aliphatic heterocycles. The van der Waals surface area contributed by atoms with E-state index in [4.69, 9.17) is 9.47 Å². The van der Waals surface area contributed by atoms with Crippen LogP contribution in [0.3, 0.4) is 0 Å². The van der Waals surface area contributed by atoms with Crippen molar-refractivity contribution < 1.29 is 27.2 Å². The van der Waals surface area contributed by atoms with Crippen molar-refractivity contribution in [2.75, 3.05) is 13.7 Å². The quantitative estimate of drug-likeness (QED) is 0.446. The SMILES string of the molecule is COc1c(OCCCC(F)(F)F)ccnc1C[S+]([O-])c1nc2ccccc2[nH]1. The van der Waals surface area contributed by atoms with E-state index < -0.39 is 23.8 Å². The van der Waals surface area contributed by atoms with Crippen LogP contribution in [0.25, 0.3) is 11.0 Å². The van der Waals surface area contributed by atoms with Crippen LogP contribution in [0.15, 0.2) is 41.7 Å². The molecule has 2 aromatic heterocycles. The number of pyridine rings is 1. The highest BCUT2D eigenvalue weighted by Crippen LogP contribution is 2.32. The van der Waals surface area contributed by atoms with Gasteiger partial charge in [-0.15, -0.1) is 0 Å². The number of nitrogens with one attached hydrogen (secondary N) is 1. The van der Waals surface area contributed by atoms with Gasteiger partial charge >= 0.3 is 11.3 Å². The van der Waals surface area contributed by atoms with Crippen LogP contribution in [-0.2, 0) is 16.9 Å². The van der Waals surface area contributed by atoms with Gasteiger partial charge in [-0.3, -0.25) is 9.97 Å². The highest BCUT2D eigenvalue weighted by Gasteiger charge is 2.26. The molecule has 0 aliphatic carbocycles. The maximum absolute atomic E-state index is 12.7. The summed E-state index contributed by atoms with van der Waals surface area (Å²) in [7, 11) is 1.40. The molecule has 6 nitrogen and oxygen atoms in total. The molecule has 0 saturated carbocycles. The van der Waals surface area contributed by atoms with E-state index in [0.29, 0.717) is 16.4 Å². The van der Waals surface area contributed by atoms with Crippen LogP contribution in [0.1, 0.15) is 18.5 Å². The van der Waals surface area contributed by atoms with Gasteiger partial charge in [0.25, 0.3) is 0 Å². The molecular formula is C18H18F3N3O3S. The Labute approximate surface area is 162 Å². The van der Waals surface area contributed by atoms with E-state index in [9.17, 15) is 17.7 Å². The normalized spacial score (nSPS) is 12.9. The van der Waals surface area contributed by atoms with Crippen molar-refractivity contribution in [2.45, 2.75) is 29.9 Å². The van der Waals surface area contributed by atoms with Crippen molar-refractivity contribution >= 4 is 22.2 Å². The Kier molecular flexibility index (Phi) is 6.30. The summed E-state index contributed by atoms with van der Waals surface area (Å²) in [6, 6.07) is 8.82. The molecule has 2 heterocycles. The number of ether oxygens (including phenoxy) is 2. The van der Waals surface area contributed by atoms with Gasteiger partial charge in [0.1, 0.15) is 5.69 Å². The average molecular weight is 413 g/mol. The van der Waals surface area contributed by atoms with Crippen molar-refractivity contribution in [1.82, 2.24) is 15.0 Å². The number of aromatic nitrogens is 3. The minimum Gasteiger partial charge on any atom is -0.609 e. The maximum Gasteiger partial charge on any atom is 0.389 e. The lowest BCUT2D eigenvalue weighted by Crippen LogP contribution is -2.12. The molecule has 3 aromatic rings. The summed E-state index contributed by atoms with van der Waals surface area (Å²) in [6.45, 7) is -0.119. The first kappa shape index (κ1) is 20.3. The van der Waals surface area contributed by atoms with Crippen LogP contribution in [-0.4, -0.2) is 39.4 Å². The van der Waals surface area contributed by atoms with Crippen LogP contribution in [0.5, 0.6) is 11.5 Å². The Hall–Kier alpha value is -2.46. The number of hydrogen-bond acceptors (Lipinski definition) is 5. The topological polar surface area (TPSA) is 83.1 Å². The Morgan fingerprint density at radius 1 is 1.21 bits per heavy atom.